The third-order valence-corrected chi connectivity index (χ3v) is 5.45. The Morgan fingerprint density at radius 1 is 1.10 bits per heavy atom. The number of thioether (sulfide) groups is 1. The number of hydrogen-bond donors (Lipinski definition) is 1. The Hall–Kier alpha value is -1.16. The summed E-state index contributed by atoms with van der Waals surface area (Å²) in [5.41, 5.74) is 2.20. The summed E-state index contributed by atoms with van der Waals surface area (Å²) in [6, 6.07) is 8.31. The summed E-state index contributed by atoms with van der Waals surface area (Å²) in [6.07, 6.45) is 6.11. The van der Waals surface area contributed by atoms with E-state index >= 15 is 0 Å². The van der Waals surface area contributed by atoms with Crippen LogP contribution in [0.5, 0.6) is 0 Å². The molecule has 2 saturated heterocycles. The fraction of sp³-hybridized carbons (Fsp3) is 0.562. The third-order valence-electron chi connectivity index (χ3n) is 4.08. The molecule has 0 aliphatic carbocycles. The van der Waals surface area contributed by atoms with Gasteiger partial charge in [-0.25, -0.2) is 0 Å². The lowest BCUT2D eigenvalue weighted by atomic mass is 10.1. The second-order valence-corrected chi connectivity index (χ2v) is 6.90. The van der Waals surface area contributed by atoms with Crippen molar-refractivity contribution in [2.24, 2.45) is 0 Å². The Bertz CT molecular complexity index is 448. The number of nitrogens with zero attached hydrogens (tertiary/aromatic N) is 1. The van der Waals surface area contributed by atoms with Gasteiger partial charge in [-0.3, -0.25) is 4.79 Å². The van der Waals surface area contributed by atoms with Gasteiger partial charge in [-0.2, -0.15) is 0 Å². The van der Waals surface area contributed by atoms with Crippen LogP contribution in [0.4, 0.5) is 11.4 Å². The monoisotopic (exact) mass is 290 g/mol. The predicted molar refractivity (Wildman–Crippen MR) is 86.6 cm³/mol. The molecule has 108 valence electrons. The van der Waals surface area contributed by atoms with Crippen molar-refractivity contribution in [2.75, 3.05) is 29.1 Å². The van der Waals surface area contributed by atoms with Crippen LogP contribution in [-0.4, -0.2) is 30.0 Å². The molecule has 0 spiro atoms. The van der Waals surface area contributed by atoms with Crippen LogP contribution in [0.3, 0.4) is 0 Å². The summed E-state index contributed by atoms with van der Waals surface area (Å²) in [5, 5.41) is 3.19. The van der Waals surface area contributed by atoms with E-state index < -0.39 is 0 Å². The maximum absolute atomic E-state index is 12.1. The molecule has 1 aromatic carbocycles. The number of benzene rings is 1. The van der Waals surface area contributed by atoms with Crippen LogP contribution in [0.25, 0.3) is 0 Å². The molecule has 1 atom stereocenters. The van der Waals surface area contributed by atoms with E-state index in [1.54, 1.807) is 11.8 Å². The average Bonchev–Trinajstić information content (AvgIpc) is 3.03. The SMILES string of the molecule is O=C(Nc1ccc(N2CCCCC2)cc1)C1CCCS1. The first-order chi connectivity index (χ1) is 9.83. The molecule has 4 heteroatoms. The van der Waals surface area contributed by atoms with Gasteiger partial charge in [-0.1, -0.05) is 0 Å². The van der Waals surface area contributed by atoms with Crippen LogP contribution in [0, 0.1) is 0 Å². The Balaban J connectivity index is 1.59. The van der Waals surface area contributed by atoms with Crippen LogP contribution >= 0.6 is 11.8 Å². The first-order valence-electron chi connectivity index (χ1n) is 7.60. The molecule has 3 rings (SSSR count). The van der Waals surface area contributed by atoms with Crippen molar-refractivity contribution >= 4 is 29.0 Å². The van der Waals surface area contributed by atoms with Crippen molar-refractivity contribution in [3.8, 4) is 0 Å². The van der Waals surface area contributed by atoms with E-state index in [0.717, 1.165) is 37.4 Å². The van der Waals surface area contributed by atoms with Gasteiger partial charge in [0, 0.05) is 24.5 Å². The fourth-order valence-electron chi connectivity index (χ4n) is 2.91. The predicted octanol–water partition coefficient (Wildman–Crippen LogP) is 3.51. The minimum Gasteiger partial charge on any atom is -0.372 e. The molecule has 1 unspecified atom stereocenters. The summed E-state index contributed by atoms with van der Waals surface area (Å²) in [4.78, 5) is 14.5. The zero-order valence-corrected chi connectivity index (χ0v) is 12.6. The third kappa shape index (κ3) is 3.29. The lowest BCUT2D eigenvalue weighted by Crippen LogP contribution is -2.29. The number of nitrogens with one attached hydrogen (secondary N) is 1. The average molecular weight is 290 g/mol. The molecule has 1 aromatic rings. The number of rotatable bonds is 3. The van der Waals surface area contributed by atoms with Crippen LogP contribution < -0.4 is 10.2 Å². The maximum Gasteiger partial charge on any atom is 0.237 e. The van der Waals surface area contributed by atoms with E-state index in [1.165, 1.54) is 24.9 Å². The molecule has 2 fully saturated rings. The van der Waals surface area contributed by atoms with Gasteiger partial charge >= 0.3 is 0 Å². The molecule has 0 aromatic heterocycles. The fourth-order valence-corrected chi connectivity index (χ4v) is 4.08. The minimum atomic E-state index is 0.150. The second-order valence-electron chi connectivity index (χ2n) is 5.59. The summed E-state index contributed by atoms with van der Waals surface area (Å²) in [7, 11) is 0. The standard InChI is InChI=1S/C16H22N2OS/c19-16(15-5-4-12-20-15)17-13-6-8-14(9-7-13)18-10-2-1-3-11-18/h6-9,15H,1-5,10-12H2,(H,17,19). The van der Waals surface area contributed by atoms with Crippen molar-refractivity contribution in [3.63, 3.8) is 0 Å². The Kier molecular flexibility index (Phi) is 4.51. The molecule has 0 bridgehead atoms. The van der Waals surface area contributed by atoms with E-state index in [1.807, 2.05) is 12.1 Å². The summed E-state index contributed by atoms with van der Waals surface area (Å²) in [6.45, 7) is 2.31. The molecule has 0 radical (unpaired) electrons. The van der Waals surface area contributed by atoms with E-state index in [-0.39, 0.29) is 11.2 Å². The lowest BCUT2D eigenvalue weighted by molar-refractivity contribution is -0.115. The Labute approximate surface area is 125 Å². The van der Waals surface area contributed by atoms with Gasteiger partial charge in [0.05, 0.1) is 5.25 Å². The van der Waals surface area contributed by atoms with Crippen LogP contribution in [-0.2, 0) is 4.79 Å². The topological polar surface area (TPSA) is 32.3 Å². The maximum atomic E-state index is 12.1. The molecule has 2 heterocycles. The van der Waals surface area contributed by atoms with Crippen molar-refractivity contribution < 1.29 is 4.79 Å². The molecule has 1 amide bonds. The van der Waals surface area contributed by atoms with Gasteiger partial charge in [0.2, 0.25) is 5.91 Å². The molecular weight excluding hydrogens is 268 g/mol. The highest BCUT2D eigenvalue weighted by molar-refractivity contribution is 8.00. The lowest BCUT2D eigenvalue weighted by Gasteiger charge is -2.28. The number of carbonyl (C=O) groups excluding carboxylic acids is 1. The summed E-state index contributed by atoms with van der Waals surface area (Å²) < 4.78 is 0. The van der Waals surface area contributed by atoms with Crippen molar-refractivity contribution in [1.29, 1.82) is 0 Å². The van der Waals surface area contributed by atoms with Gasteiger partial charge in [-0.15, -0.1) is 11.8 Å². The summed E-state index contributed by atoms with van der Waals surface area (Å²) in [5.74, 6) is 1.28. The molecule has 2 aliphatic heterocycles. The Morgan fingerprint density at radius 2 is 1.85 bits per heavy atom. The quantitative estimate of drug-likeness (QED) is 0.924. The van der Waals surface area contributed by atoms with E-state index in [4.69, 9.17) is 0 Å². The smallest absolute Gasteiger partial charge is 0.237 e. The number of hydrogen-bond acceptors (Lipinski definition) is 3. The van der Waals surface area contributed by atoms with Crippen LogP contribution in [0.15, 0.2) is 24.3 Å². The molecule has 0 saturated carbocycles. The van der Waals surface area contributed by atoms with Gasteiger partial charge in [-0.05, 0) is 62.1 Å². The second kappa shape index (κ2) is 6.53. The van der Waals surface area contributed by atoms with Gasteiger partial charge in [0.25, 0.3) is 0 Å². The number of anilines is 2. The Morgan fingerprint density at radius 3 is 2.50 bits per heavy atom. The number of amides is 1. The van der Waals surface area contributed by atoms with Gasteiger partial charge < -0.3 is 10.2 Å². The zero-order valence-electron chi connectivity index (χ0n) is 11.8. The zero-order chi connectivity index (χ0) is 13.8. The molecular formula is C16H22N2OS. The summed E-state index contributed by atoms with van der Waals surface area (Å²) >= 11 is 1.78. The highest BCUT2D eigenvalue weighted by Gasteiger charge is 2.23. The van der Waals surface area contributed by atoms with Crippen LogP contribution in [0.1, 0.15) is 32.1 Å². The van der Waals surface area contributed by atoms with E-state index in [2.05, 4.69) is 22.3 Å². The molecule has 3 nitrogen and oxygen atoms in total. The van der Waals surface area contributed by atoms with Crippen LogP contribution in [0.2, 0.25) is 0 Å². The van der Waals surface area contributed by atoms with Crippen molar-refractivity contribution in [2.45, 2.75) is 37.4 Å². The number of piperidine rings is 1. The van der Waals surface area contributed by atoms with Crippen molar-refractivity contribution in [1.82, 2.24) is 0 Å². The first-order valence-corrected chi connectivity index (χ1v) is 8.65. The highest BCUT2D eigenvalue weighted by atomic mass is 32.2. The van der Waals surface area contributed by atoms with Crippen molar-refractivity contribution in [3.05, 3.63) is 24.3 Å². The normalized spacial score (nSPS) is 22.8. The first kappa shape index (κ1) is 13.8. The van der Waals surface area contributed by atoms with E-state index in [0.29, 0.717) is 0 Å². The van der Waals surface area contributed by atoms with E-state index in [9.17, 15) is 4.79 Å². The number of carbonyl (C=O) groups is 1. The molecule has 1 N–H and O–H groups in total. The highest BCUT2D eigenvalue weighted by Crippen LogP contribution is 2.28. The van der Waals surface area contributed by atoms with Gasteiger partial charge in [0.15, 0.2) is 0 Å². The largest absolute Gasteiger partial charge is 0.372 e. The molecule has 2 aliphatic rings. The minimum absolute atomic E-state index is 0.150. The molecule has 20 heavy (non-hydrogen) atoms. The van der Waals surface area contributed by atoms with Gasteiger partial charge in [0.1, 0.15) is 0 Å².